The van der Waals surface area contributed by atoms with Crippen molar-refractivity contribution in [2.24, 2.45) is 7.05 Å². The van der Waals surface area contributed by atoms with Crippen LogP contribution >= 0.6 is 0 Å². The third kappa shape index (κ3) is 7.14. The summed E-state index contributed by atoms with van der Waals surface area (Å²) in [6.07, 6.45) is 3.30. The van der Waals surface area contributed by atoms with Gasteiger partial charge in [0.1, 0.15) is 16.6 Å². The molecule has 0 aliphatic heterocycles. The molecule has 0 aliphatic carbocycles. The summed E-state index contributed by atoms with van der Waals surface area (Å²) in [4.78, 5) is 59.9. The first-order chi connectivity index (χ1) is 24.5. The van der Waals surface area contributed by atoms with Crippen molar-refractivity contribution in [3.63, 3.8) is 0 Å². The Kier molecular flexibility index (Phi) is 10.3. The second-order valence-electron chi connectivity index (χ2n) is 12.6. The Morgan fingerprint density at radius 2 is 1.48 bits per heavy atom. The number of pyridine rings is 2. The SMILES string of the molecule is CCOC(=O)c1c(CCn2cc(C#CC(C)(O)CC)c3c(C(=O)OCC)c(C)[nH]c3c2=O)[nH]c2c(=O)n(C)cc(C#C[C@@](C)(O)c3nnc(C)o3)c12. The highest BCUT2D eigenvalue weighted by Gasteiger charge is 2.29. The van der Waals surface area contributed by atoms with E-state index in [9.17, 15) is 29.4 Å². The smallest absolute Gasteiger partial charge is 0.340 e. The summed E-state index contributed by atoms with van der Waals surface area (Å²) in [7, 11) is 1.52. The van der Waals surface area contributed by atoms with Gasteiger partial charge in [-0.3, -0.25) is 9.59 Å². The molecule has 0 spiro atoms. The lowest BCUT2D eigenvalue weighted by molar-refractivity contribution is 0.0518. The summed E-state index contributed by atoms with van der Waals surface area (Å²) in [5, 5.41) is 29.7. The minimum atomic E-state index is -1.86. The fourth-order valence-corrected chi connectivity index (χ4v) is 5.64. The predicted molar refractivity (Wildman–Crippen MR) is 190 cm³/mol. The number of aliphatic hydroxyl groups is 2. The van der Waals surface area contributed by atoms with Gasteiger partial charge in [0.15, 0.2) is 0 Å². The molecular weight excluding hydrogens is 672 g/mol. The van der Waals surface area contributed by atoms with Gasteiger partial charge < -0.3 is 43.2 Å². The number of esters is 2. The number of nitrogens with zero attached hydrogens (tertiary/aromatic N) is 4. The Morgan fingerprint density at radius 1 is 0.885 bits per heavy atom. The number of H-pyrrole nitrogens is 2. The van der Waals surface area contributed by atoms with Crippen LogP contribution in [0.3, 0.4) is 0 Å². The van der Waals surface area contributed by atoms with Crippen LogP contribution in [0.2, 0.25) is 0 Å². The molecule has 0 aliphatic rings. The van der Waals surface area contributed by atoms with E-state index in [1.807, 2.05) is 0 Å². The Morgan fingerprint density at radius 3 is 2.10 bits per heavy atom. The zero-order chi connectivity index (χ0) is 38.1. The number of aromatic amines is 2. The van der Waals surface area contributed by atoms with Crippen molar-refractivity contribution in [1.29, 1.82) is 0 Å². The topological polar surface area (TPSA) is 208 Å². The molecule has 0 bridgehead atoms. The molecule has 52 heavy (non-hydrogen) atoms. The second-order valence-corrected chi connectivity index (χ2v) is 12.6. The van der Waals surface area contributed by atoms with Crippen LogP contribution in [0.5, 0.6) is 0 Å². The lowest BCUT2D eigenvalue weighted by Gasteiger charge is -2.13. The van der Waals surface area contributed by atoms with Gasteiger partial charge in [-0.1, -0.05) is 30.6 Å². The molecule has 5 rings (SSSR count). The lowest BCUT2D eigenvalue weighted by Crippen LogP contribution is -2.23. The first-order valence-electron chi connectivity index (χ1n) is 16.7. The molecule has 15 heteroatoms. The zero-order valence-corrected chi connectivity index (χ0v) is 30.2. The summed E-state index contributed by atoms with van der Waals surface area (Å²) >= 11 is 0. The van der Waals surface area contributed by atoms with Gasteiger partial charge in [0.05, 0.1) is 35.5 Å². The molecule has 1 unspecified atom stereocenters. The molecule has 4 N–H and O–H groups in total. The molecule has 0 saturated heterocycles. The fraction of sp³-hybridized carbons (Fsp3) is 0.405. The number of hydrogen-bond donors (Lipinski definition) is 4. The number of aryl methyl sites for hydroxylation is 5. The predicted octanol–water partition coefficient (Wildman–Crippen LogP) is 2.88. The van der Waals surface area contributed by atoms with Crippen LogP contribution in [0.25, 0.3) is 21.8 Å². The summed E-state index contributed by atoms with van der Waals surface area (Å²) in [6, 6.07) is 0. The van der Waals surface area contributed by atoms with Crippen molar-refractivity contribution in [2.45, 2.75) is 79.1 Å². The van der Waals surface area contributed by atoms with Crippen molar-refractivity contribution < 1.29 is 33.7 Å². The average Bonchev–Trinajstić information content (AvgIpc) is 3.81. The average molecular weight is 713 g/mol. The van der Waals surface area contributed by atoms with Crippen LogP contribution in [0.15, 0.2) is 26.4 Å². The number of ether oxygens (including phenoxy) is 2. The van der Waals surface area contributed by atoms with Crippen molar-refractivity contribution in [1.82, 2.24) is 29.3 Å². The van der Waals surface area contributed by atoms with Crippen LogP contribution in [0.1, 0.15) is 96.1 Å². The maximum absolute atomic E-state index is 13.9. The van der Waals surface area contributed by atoms with Crippen molar-refractivity contribution in [3.05, 3.63) is 78.5 Å². The van der Waals surface area contributed by atoms with E-state index in [2.05, 4.69) is 43.8 Å². The largest absolute Gasteiger partial charge is 0.462 e. The highest BCUT2D eigenvalue weighted by Crippen LogP contribution is 2.28. The highest BCUT2D eigenvalue weighted by molar-refractivity contribution is 6.08. The molecule has 5 aromatic heterocycles. The molecule has 2 atom stereocenters. The highest BCUT2D eigenvalue weighted by atomic mass is 16.5. The number of fused-ring (bicyclic) bond motifs is 2. The number of hydrogen-bond acceptors (Lipinski definition) is 11. The van der Waals surface area contributed by atoms with Gasteiger partial charge in [-0.2, -0.15) is 0 Å². The van der Waals surface area contributed by atoms with Crippen LogP contribution in [0.4, 0.5) is 0 Å². The number of carbonyl (C=O) groups is 2. The third-order valence-corrected chi connectivity index (χ3v) is 8.52. The van der Waals surface area contributed by atoms with E-state index in [1.54, 1.807) is 41.5 Å². The van der Waals surface area contributed by atoms with E-state index in [0.29, 0.717) is 23.4 Å². The van der Waals surface area contributed by atoms with Gasteiger partial charge in [-0.15, -0.1) is 10.2 Å². The maximum atomic E-state index is 13.9. The van der Waals surface area contributed by atoms with Crippen molar-refractivity contribution >= 4 is 33.7 Å². The van der Waals surface area contributed by atoms with Crippen LogP contribution in [0, 0.1) is 37.5 Å². The minimum absolute atomic E-state index is 0.00773. The van der Waals surface area contributed by atoms with E-state index in [0.717, 1.165) is 0 Å². The van der Waals surface area contributed by atoms with E-state index in [4.69, 9.17) is 13.9 Å². The van der Waals surface area contributed by atoms with Gasteiger partial charge in [-0.25, -0.2) is 9.59 Å². The molecule has 0 aromatic carbocycles. The monoisotopic (exact) mass is 712 g/mol. The molecule has 5 heterocycles. The summed E-state index contributed by atoms with van der Waals surface area (Å²) in [5.74, 6) is 10.1. The van der Waals surface area contributed by atoms with Gasteiger partial charge in [0.2, 0.25) is 11.5 Å². The first kappa shape index (κ1) is 37.4. The molecule has 0 radical (unpaired) electrons. The minimum Gasteiger partial charge on any atom is -0.462 e. The normalized spacial score (nSPS) is 13.5. The third-order valence-electron chi connectivity index (χ3n) is 8.52. The first-order valence-corrected chi connectivity index (χ1v) is 16.7. The van der Waals surface area contributed by atoms with Crippen LogP contribution < -0.4 is 11.1 Å². The maximum Gasteiger partial charge on any atom is 0.340 e. The van der Waals surface area contributed by atoms with Crippen molar-refractivity contribution in [2.75, 3.05) is 13.2 Å². The fourth-order valence-electron chi connectivity index (χ4n) is 5.64. The zero-order valence-electron chi connectivity index (χ0n) is 30.2. The van der Waals surface area contributed by atoms with Gasteiger partial charge in [0.25, 0.3) is 17.0 Å². The standard InChI is InChI=1S/C37H40N6O9/c1-9-36(6,48)15-12-23-19-43(32(45)30-26(23)25(20(4)38-30)33(46)50-10-2)17-14-24-28(34(47)51-11-3)27-22(18-42(8)31(44)29(27)39-24)13-16-37(7,49)35-41-40-21(5)52-35/h18-19,38-39,48-49H,9-11,14,17H2,1-8H3/t36?,37-/m1/s1. The Bertz CT molecular complexity index is 2470. The molecule has 272 valence electrons. The number of rotatable bonds is 9. The van der Waals surface area contributed by atoms with E-state index in [-0.39, 0.29) is 76.5 Å². The molecule has 15 nitrogen and oxygen atoms in total. The molecular formula is C37H40N6O9. The second kappa shape index (κ2) is 14.4. The van der Waals surface area contributed by atoms with Crippen LogP contribution in [-0.2, 0) is 35.1 Å². The molecule has 0 amide bonds. The van der Waals surface area contributed by atoms with E-state index in [1.165, 1.54) is 35.5 Å². The number of carbonyl (C=O) groups excluding carboxylic acids is 2. The number of nitrogens with one attached hydrogen (secondary N) is 2. The Balaban J connectivity index is 1.68. The Hall–Kier alpha value is -5.90. The van der Waals surface area contributed by atoms with Gasteiger partial charge >= 0.3 is 11.9 Å². The molecule has 5 aromatic rings. The summed E-state index contributed by atoms with van der Waals surface area (Å²) in [6.45, 7) is 11.4. The molecule has 0 saturated carbocycles. The van der Waals surface area contributed by atoms with E-state index < -0.39 is 34.3 Å². The van der Waals surface area contributed by atoms with Crippen LogP contribution in [-0.4, -0.2) is 70.3 Å². The Labute approximate surface area is 298 Å². The molecule has 0 fully saturated rings. The lowest BCUT2D eigenvalue weighted by atomic mass is 10.0. The van der Waals surface area contributed by atoms with Gasteiger partial charge in [0, 0.05) is 61.5 Å². The summed E-state index contributed by atoms with van der Waals surface area (Å²) in [5.41, 5.74) is -2.52. The van der Waals surface area contributed by atoms with Crippen molar-refractivity contribution in [3.8, 4) is 23.7 Å². The quantitative estimate of drug-likeness (QED) is 0.129. The summed E-state index contributed by atoms with van der Waals surface area (Å²) < 4.78 is 18.7. The number of aromatic nitrogens is 6. The van der Waals surface area contributed by atoms with Gasteiger partial charge in [-0.05, 0) is 41.0 Å². The van der Waals surface area contributed by atoms with E-state index >= 15 is 0 Å².